The van der Waals surface area contributed by atoms with Gasteiger partial charge in [0.25, 0.3) is 5.91 Å². The van der Waals surface area contributed by atoms with E-state index in [1.807, 2.05) is 6.92 Å². The lowest BCUT2D eigenvalue weighted by Crippen LogP contribution is -2.36. The van der Waals surface area contributed by atoms with E-state index < -0.39 is 17.7 Å². The monoisotopic (exact) mass is 423 g/mol. The van der Waals surface area contributed by atoms with Crippen LogP contribution in [0.25, 0.3) is 0 Å². The normalized spacial score (nSPS) is 11.9. The summed E-state index contributed by atoms with van der Waals surface area (Å²) in [6.07, 6.45) is 0. The highest BCUT2D eigenvalue weighted by atomic mass is 35.5. The Hall–Kier alpha value is -2.64. The summed E-state index contributed by atoms with van der Waals surface area (Å²) >= 11 is 12.3. The zero-order chi connectivity index (χ0) is 20.8. The van der Waals surface area contributed by atoms with Crippen molar-refractivity contribution in [2.75, 3.05) is 18.6 Å². The van der Waals surface area contributed by atoms with Crippen LogP contribution in [-0.4, -0.2) is 32.0 Å². The second-order valence-electron chi connectivity index (χ2n) is 5.84. The number of carbonyl (C=O) groups is 2. The molecule has 0 aliphatic rings. The molecule has 0 N–H and O–H groups in total. The summed E-state index contributed by atoms with van der Waals surface area (Å²) in [6.45, 7) is 3.10. The number of amides is 1. The van der Waals surface area contributed by atoms with Gasteiger partial charge in [-0.1, -0.05) is 17.7 Å². The molecule has 1 amide bonds. The molecule has 2 aromatic rings. The molecule has 148 valence electrons. The molecule has 0 aliphatic carbocycles. The van der Waals surface area contributed by atoms with Crippen LogP contribution in [0.4, 0.5) is 11.4 Å². The Bertz CT molecular complexity index is 918. The smallest absolute Gasteiger partial charge is 0.276 e. The van der Waals surface area contributed by atoms with Gasteiger partial charge < -0.3 is 9.47 Å². The minimum atomic E-state index is -1.44. The Morgan fingerprint density at radius 1 is 1.11 bits per heavy atom. The van der Waals surface area contributed by atoms with Gasteiger partial charge >= 0.3 is 0 Å². The predicted octanol–water partition coefficient (Wildman–Crippen LogP) is 4.89. The maximum Gasteiger partial charge on any atom is 0.276 e. The lowest BCUT2D eigenvalue weighted by molar-refractivity contribution is -0.126. The standard InChI is InChI=1S/C19H19Cl2N3O4/c1-11-5-7-15(14(20)9-11)22-23-18(12(2)25)19(26)24(21)16-10-13(27-3)6-8-17(16)28-4/h5-10,18H,1-4H3. The summed E-state index contributed by atoms with van der Waals surface area (Å²) in [5.74, 6) is -0.524. The fourth-order valence-corrected chi connectivity index (χ4v) is 2.79. The van der Waals surface area contributed by atoms with Gasteiger partial charge in [-0.25, -0.2) is 4.42 Å². The van der Waals surface area contributed by atoms with Gasteiger partial charge in [0.1, 0.15) is 22.9 Å². The van der Waals surface area contributed by atoms with Crippen LogP contribution in [0, 0.1) is 6.92 Å². The second kappa shape index (κ2) is 9.52. The molecule has 28 heavy (non-hydrogen) atoms. The quantitative estimate of drug-likeness (QED) is 0.360. The molecule has 9 heteroatoms. The molecule has 0 radical (unpaired) electrons. The summed E-state index contributed by atoms with van der Waals surface area (Å²) in [5.41, 5.74) is 1.50. The highest BCUT2D eigenvalue weighted by Gasteiger charge is 2.30. The van der Waals surface area contributed by atoms with E-state index in [1.54, 1.807) is 30.3 Å². The van der Waals surface area contributed by atoms with E-state index in [4.69, 9.17) is 32.9 Å². The van der Waals surface area contributed by atoms with E-state index in [0.29, 0.717) is 22.2 Å². The first-order chi connectivity index (χ1) is 13.3. The molecule has 0 fully saturated rings. The Labute approximate surface area is 173 Å². The molecule has 0 saturated heterocycles. The van der Waals surface area contributed by atoms with Crippen molar-refractivity contribution < 1.29 is 19.1 Å². The Kier molecular flexibility index (Phi) is 7.37. The highest BCUT2D eigenvalue weighted by Crippen LogP contribution is 2.34. The van der Waals surface area contributed by atoms with Crippen molar-refractivity contribution >= 4 is 46.4 Å². The third-order valence-corrected chi connectivity index (χ3v) is 4.45. The average molecular weight is 424 g/mol. The first-order valence-corrected chi connectivity index (χ1v) is 8.89. The molecule has 7 nitrogen and oxygen atoms in total. The van der Waals surface area contributed by atoms with Crippen molar-refractivity contribution in [3.63, 3.8) is 0 Å². The Balaban J connectivity index is 2.34. The number of hydrogen-bond acceptors (Lipinski definition) is 6. The predicted molar refractivity (Wildman–Crippen MR) is 108 cm³/mol. The fraction of sp³-hybridized carbons (Fsp3) is 0.263. The molecule has 2 aromatic carbocycles. The highest BCUT2D eigenvalue weighted by molar-refractivity contribution is 6.39. The molecular formula is C19H19Cl2N3O4. The minimum absolute atomic E-state index is 0.211. The van der Waals surface area contributed by atoms with Crippen molar-refractivity contribution in [2.24, 2.45) is 10.2 Å². The largest absolute Gasteiger partial charge is 0.497 e. The van der Waals surface area contributed by atoms with E-state index in [1.165, 1.54) is 27.2 Å². The van der Waals surface area contributed by atoms with Crippen molar-refractivity contribution in [3.05, 3.63) is 47.0 Å². The summed E-state index contributed by atoms with van der Waals surface area (Å²) in [4.78, 5) is 24.8. The van der Waals surface area contributed by atoms with Gasteiger partial charge in [-0.2, -0.15) is 10.2 Å². The molecule has 0 bridgehead atoms. The summed E-state index contributed by atoms with van der Waals surface area (Å²) in [6, 6.07) is 8.45. The van der Waals surface area contributed by atoms with Crippen LogP contribution in [0.15, 0.2) is 46.6 Å². The van der Waals surface area contributed by atoms with Crippen LogP contribution in [0.2, 0.25) is 5.02 Å². The third kappa shape index (κ3) is 4.99. The SMILES string of the molecule is COc1ccc(OC)c(N(Cl)C(=O)C(N=Nc2ccc(C)cc2Cl)C(C)=O)c1. The van der Waals surface area contributed by atoms with Crippen molar-refractivity contribution in [1.29, 1.82) is 0 Å². The number of hydrogen-bond donors (Lipinski definition) is 0. The van der Waals surface area contributed by atoms with Gasteiger partial charge in [0.05, 0.1) is 19.2 Å². The molecule has 1 atom stereocenters. The lowest BCUT2D eigenvalue weighted by atomic mass is 10.2. The van der Waals surface area contributed by atoms with E-state index in [9.17, 15) is 9.59 Å². The molecule has 0 aromatic heterocycles. The maximum atomic E-state index is 12.8. The Morgan fingerprint density at radius 3 is 2.39 bits per heavy atom. The number of ketones is 1. The number of halogens is 2. The van der Waals surface area contributed by atoms with Gasteiger partial charge in [0, 0.05) is 17.8 Å². The van der Waals surface area contributed by atoms with Crippen LogP contribution in [-0.2, 0) is 9.59 Å². The molecular weight excluding hydrogens is 405 g/mol. The minimum Gasteiger partial charge on any atom is -0.497 e. The number of rotatable bonds is 7. The van der Waals surface area contributed by atoms with Crippen LogP contribution >= 0.6 is 23.4 Å². The maximum absolute atomic E-state index is 12.8. The third-order valence-electron chi connectivity index (χ3n) is 3.79. The summed E-state index contributed by atoms with van der Waals surface area (Å²) in [5, 5.41) is 8.18. The topological polar surface area (TPSA) is 80.6 Å². The molecule has 2 rings (SSSR count). The van der Waals surface area contributed by atoms with Gasteiger partial charge in [-0.05, 0) is 43.7 Å². The zero-order valence-electron chi connectivity index (χ0n) is 15.8. The van der Waals surface area contributed by atoms with E-state index in [0.717, 1.165) is 9.98 Å². The summed E-state index contributed by atoms with van der Waals surface area (Å²) < 4.78 is 11.1. The number of azo groups is 1. The van der Waals surface area contributed by atoms with Gasteiger partial charge in [-0.15, -0.1) is 0 Å². The molecule has 0 spiro atoms. The first-order valence-electron chi connectivity index (χ1n) is 8.17. The van der Waals surface area contributed by atoms with Crippen LogP contribution in [0.5, 0.6) is 11.5 Å². The van der Waals surface area contributed by atoms with Crippen LogP contribution < -0.4 is 13.9 Å². The van der Waals surface area contributed by atoms with Gasteiger partial charge in [0.15, 0.2) is 5.78 Å². The molecule has 0 heterocycles. The number of ether oxygens (including phenoxy) is 2. The van der Waals surface area contributed by atoms with Crippen LogP contribution in [0.1, 0.15) is 12.5 Å². The fourth-order valence-electron chi connectivity index (χ4n) is 2.29. The van der Waals surface area contributed by atoms with Crippen molar-refractivity contribution in [1.82, 2.24) is 0 Å². The van der Waals surface area contributed by atoms with Crippen LogP contribution in [0.3, 0.4) is 0 Å². The lowest BCUT2D eigenvalue weighted by Gasteiger charge is -2.19. The zero-order valence-corrected chi connectivity index (χ0v) is 17.3. The number of benzene rings is 2. The second-order valence-corrected chi connectivity index (χ2v) is 6.59. The molecule has 0 aliphatic heterocycles. The van der Waals surface area contributed by atoms with E-state index >= 15 is 0 Å². The van der Waals surface area contributed by atoms with E-state index in [2.05, 4.69) is 10.2 Å². The number of aryl methyl sites for hydroxylation is 1. The first kappa shape index (κ1) is 21.7. The number of anilines is 1. The number of carbonyl (C=O) groups excluding carboxylic acids is 2. The van der Waals surface area contributed by atoms with Crippen molar-refractivity contribution in [3.8, 4) is 11.5 Å². The number of nitrogens with zero attached hydrogens (tertiary/aromatic N) is 3. The Morgan fingerprint density at radius 2 is 1.82 bits per heavy atom. The van der Waals surface area contributed by atoms with Crippen molar-refractivity contribution in [2.45, 2.75) is 19.9 Å². The molecule has 1 unspecified atom stereocenters. The number of methoxy groups -OCH3 is 2. The van der Waals surface area contributed by atoms with E-state index in [-0.39, 0.29) is 5.69 Å². The molecule has 0 saturated carbocycles. The summed E-state index contributed by atoms with van der Waals surface area (Å²) in [7, 11) is 2.91. The van der Waals surface area contributed by atoms with Gasteiger partial charge in [0.2, 0.25) is 6.04 Å². The van der Waals surface area contributed by atoms with Gasteiger partial charge in [-0.3, -0.25) is 9.59 Å². The average Bonchev–Trinajstić information content (AvgIpc) is 2.68. The number of Topliss-reactive ketones (excluding diaryl/α,β-unsaturated/α-hetero) is 1.